The summed E-state index contributed by atoms with van der Waals surface area (Å²) in [5.74, 6) is 0.789. The van der Waals surface area contributed by atoms with Crippen LogP contribution >= 0.6 is 11.6 Å². The van der Waals surface area contributed by atoms with Gasteiger partial charge in [-0.2, -0.15) is 0 Å². The van der Waals surface area contributed by atoms with Gasteiger partial charge in [-0.05, 0) is 30.7 Å². The Hall–Kier alpha value is -1.59. The third-order valence-electron chi connectivity index (χ3n) is 2.94. The standard InChI is InChI=1S/C14H19ClN4O/c1-2-3-13(16)14-10-19(18-17-14)8-9-20-12-6-4-11(15)5-7-12/h4-7,10,13H,2-3,8-9,16H2,1H3. The van der Waals surface area contributed by atoms with Crippen molar-refractivity contribution in [3.8, 4) is 5.75 Å². The van der Waals surface area contributed by atoms with Gasteiger partial charge in [-0.3, -0.25) is 0 Å². The third-order valence-corrected chi connectivity index (χ3v) is 3.19. The summed E-state index contributed by atoms with van der Waals surface area (Å²) >= 11 is 5.81. The molecule has 1 atom stereocenters. The van der Waals surface area contributed by atoms with Crippen molar-refractivity contribution < 1.29 is 4.74 Å². The predicted octanol–water partition coefficient (Wildman–Crippen LogP) is 2.81. The van der Waals surface area contributed by atoms with Crippen molar-refractivity contribution in [2.45, 2.75) is 32.4 Å². The quantitative estimate of drug-likeness (QED) is 0.853. The first kappa shape index (κ1) is 14.8. The molecule has 2 aromatic rings. The number of hydrogen-bond donors (Lipinski definition) is 1. The van der Waals surface area contributed by atoms with Crippen molar-refractivity contribution in [3.63, 3.8) is 0 Å². The van der Waals surface area contributed by atoms with Crippen LogP contribution in [0.2, 0.25) is 5.02 Å². The first-order valence-corrected chi connectivity index (χ1v) is 7.11. The van der Waals surface area contributed by atoms with E-state index in [4.69, 9.17) is 22.1 Å². The van der Waals surface area contributed by atoms with Crippen molar-refractivity contribution in [1.82, 2.24) is 15.0 Å². The minimum Gasteiger partial charge on any atom is -0.492 e. The molecule has 1 aromatic carbocycles. The fourth-order valence-electron chi connectivity index (χ4n) is 1.84. The molecule has 0 bridgehead atoms. The first-order valence-electron chi connectivity index (χ1n) is 6.73. The molecule has 0 spiro atoms. The highest BCUT2D eigenvalue weighted by molar-refractivity contribution is 6.30. The fraction of sp³-hybridized carbons (Fsp3) is 0.429. The van der Waals surface area contributed by atoms with Gasteiger partial charge in [0.15, 0.2) is 0 Å². The second-order valence-corrected chi connectivity index (χ2v) is 5.04. The summed E-state index contributed by atoms with van der Waals surface area (Å²) < 4.78 is 7.35. The molecular weight excluding hydrogens is 276 g/mol. The SMILES string of the molecule is CCCC(N)c1cn(CCOc2ccc(Cl)cc2)nn1. The van der Waals surface area contributed by atoms with Crippen molar-refractivity contribution >= 4 is 11.6 Å². The molecule has 0 saturated carbocycles. The van der Waals surface area contributed by atoms with Gasteiger partial charge in [0.25, 0.3) is 0 Å². The molecule has 0 aliphatic rings. The van der Waals surface area contributed by atoms with Crippen molar-refractivity contribution in [2.24, 2.45) is 5.73 Å². The molecule has 20 heavy (non-hydrogen) atoms. The Kier molecular flexibility index (Phi) is 5.38. The van der Waals surface area contributed by atoms with E-state index in [1.165, 1.54) is 0 Å². The minimum absolute atomic E-state index is 0.0362. The van der Waals surface area contributed by atoms with Gasteiger partial charge in [-0.25, -0.2) is 4.68 Å². The maximum Gasteiger partial charge on any atom is 0.119 e. The van der Waals surface area contributed by atoms with Crippen LogP contribution in [-0.2, 0) is 6.54 Å². The number of rotatable bonds is 7. The van der Waals surface area contributed by atoms with E-state index < -0.39 is 0 Å². The molecule has 0 aliphatic heterocycles. The molecule has 1 heterocycles. The highest BCUT2D eigenvalue weighted by atomic mass is 35.5. The normalized spacial score (nSPS) is 12.3. The monoisotopic (exact) mass is 294 g/mol. The summed E-state index contributed by atoms with van der Waals surface area (Å²) in [4.78, 5) is 0. The lowest BCUT2D eigenvalue weighted by atomic mass is 10.1. The summed E-state index contributed by atoms with van der Waals surface area (Å²) in [6, 6.07) is 7.24. The Morgan fingerprint density at radius 2 is 2.10 bits per heavy atom. The Morgan fingerprint density at radius 3 is 2.80 bits per heavy atom. The van der Waals surface area contributed by atoms with E-state index in [9.17, 15) is 0 Å². The molecule has 0 fully saturated rings. The van der Waals surface area contributed by atoms with Crippen molar-refractivity contribution in [1.29, 1.82) is 0 Å². The van der Waals surface area contributed by atoms with E-state index >= 15 is 0 Å². The maximum absolute atomic E-state index is 5.99. The maximum atomic E-state index is 5.99. The summed E-state index contributed by atoms with van der Waals surface area (Å²) in [5.41, 5.74) is 6.82. The number of nitrogens with zero attached hydrogens (tertiary/aromatic N) is 3. The highest BCUT2D eigenvalue weighted by Crippen LogP contribution is 2.15. The van der Waals surface area contributed by atoms with Crippen LogP contribution in [-0.4, -0.2) is 21.6 Å². The van der Waals surface area contributed by atoms with Crippen LogP contribution in [0.3, 0.4) is 0 Å². The lowest BCUT2D eigenvalue weighted by molar-refractivity contribution is 0.289. The Labute approximate surface area is 123 Å². The van der Waals surface area contributed by atoms with Gasteiger partial charge in [-0.1, -0.05) is 30.2 Å². The second-order valence-electron chi connectivity index (χ2n) is 4.60. The lowest BCUT2D eigenvalue weighted by Gasteiger charge is -2.06. The largest absolute Gasteiger partial charge is 0.492 e. The second kappa shape index (κ2) is 7.26. The van der Waals surface area contributed by atoms with Crippen LogP contribution < -0.4 is 10.5 Å². The number of benzene rings is 1. The van der Waals surface area contributed by atoms with Gasteiger partial charge in [0, 0.05) is 5.02 Å². The number of halogens is 1. The summed E-state index contributed by atoms with van der Waals surface area (Å²) in [7, 11) is 0. The molecule has 6 heteroatoms. The van der Waals surface area contributed by atoms with Crippen LogP contribution in [0.5, 0.6) is 5.75 Å². The Morgan fingerprint density at radius 1 is 1.35 bits per heavy atom. The van der Waals surface area contributed by atoms with E-state index in [1.807, 2.05) is 18.3 Å². The Bertz CT molecular complexity index is 526. The molecule has 0 saturated heterocycles. The number of nitrogens with two attached hydrogens (primary N) is 1. The Balaban J connectivity index is 1.81. The molecule has 1 aromatic heterocycles. The summed E-state index contributed by atoms with van der Waals surface area (Å²) in [5, 5.41) is 8.83. The van der Waals surface area contributed by atoms with Gasteiger partial charge in [0.05, 0.1) is 24.5 Å². The topological polar surface area (TPSA) is 66.0 Å². The van der Waals surface area contributed by atoms with E-state index in [2.05, 4.69) is 17.2 Å². The summed E-state index contributed by atoms with van der Waals surface area (Å²) in [6.07, 6.45) is 3.83. The average Bonchev–Trinajstić information content (AvgIpc) is 2.90. The molecule has 2 rings (SSSR count). The molecular formula is C14H19ClN4O. The van der Waals surface area contributed by atoms with Crippen LogP contribution in [0.1, 0.15) is 31.5 Å². The molecule has 0 aliphatic carbocycles. The smallest absolute Gasteiger partial charge is 0.119 e. The van der Waals surface area contributed by atoms with E-state index in [1.54, 1.807) is 16.8 Å². The van der Waals surface area contributed by atoms with Gasteiger partial charge >= 0.3 is 0 Å². The lowest BCUT2D eigenvalue weighted by Crippen LogP contribution is -2.10. The van der Waals surface area contributed by atoms with Crippen molar-refractivity contribution in [3.05, 3.63) is 41.2 Å². The zero-order chi connectivity index (χ0) is 14.4. The molecule has 5 nitrogen and oxygen atoms in total. The van der Waals surface area contributed by atoms with E-state index in [0.29, 0.717) is 18.2 Å². The molecule has 0 amide bonds. The molecule has 108 valence electrons. The average molecular weight is 295 g/mol. The number of hydrogen-bond acceptors (Lipinski definition) is 4. The number of aromatic nitrogens is 3. The summed E-state index contributed by atoms with van der Waals surface area (Å²) in [6.45, 7) is 3.26. The van der Waals surface area contributed by atoms with Crippen LogP contribution in [0.25, 0.3) is 0 Å². The van der Waals surface area contributed by atoms with Crippen LogP contribution in [0, 0.1) is 0 Å². The number of ether oxygens (including phenoxy) is 1. The van der Waals surface area contributed by atoms with Crippen LogP contribution in [0.15, 0.2) is 30.5 Å². The zero-order valence-electron chi connectivity index (χ0n) is 11.5. The van der Waals surface area contributed by atoms with Gasteiger partial charge in [0.2, 0.25) is 0 Å². The third kappa shape index (κ3) is 4.21. The predicted molar refractivity (Wildman–Crippen MR) is 78.8 cm³/mol. The van der Waals surface area contributed by atoms with Gasteiger partial charge in [-0.15, -0.1) is 5.10 Å². The van der Waals surface area contributed by atoms with Crippen LogP contribution in [0.4, 0.5) is 0 Å². The molecule has 1 unspecified atom stereocenters. The molecule has 0 radical (unpaired) electrons. The van der Waals surface area contributed by atoms with Gasteiger partial charge in [0.1, 0.15) is 12.4 Å². The minimum atomic E-state index is -0.0362. The molecule has 2 N–H and O–H groups in total. The first-order chi connectivity index (χ1) is 9.69. The van der Waals surface area contributed by atoms with E-state index in [-0.39, 0.29) is 6.04 Å². The zero-order valence-corrected chi connectivity index (χ0v) is 12.3. The fourth-order valence-corrected chi connectivity index (χ4v) is 1.97. The van der Waals surface area contributed by atoms with Crippen molar-refractivity contribution in [2.75, 3.05) is 6.61 Å². The van der Waals surface area contributed by atoms with E-state index in [0.717, 1.165) is 24.3 Å². The highest BCUT2D eigenvalue weighted by Gasteiger charge is 2.09. The van der Waals surface area contributed by atoms with Gasteiger partial charge < -0.3 is 10.5 Å².